The van der Waals surface area contributed by atoms with E-state index in [1.54, 1.807) is 12.1 Å². The van der Waals surface area contributed by atoms with Crippen molar-refractivity contribution in [1.29, 1.82) is 0 Å². The third-order valence-electron chi connectivity index (χ3n) is 6.97. The van der Waals surface area contributed by atoms with Crippen LogP contribution in [0, 0.1) is 5.82 Å². The van der Waals surface area contributed by atoms with E-state index >= 15 is 0 Å². The van der Waals surface area contributed by atoms with Crippen molar-refractivity contribution < 1.29 is 8.91 Å². The Balaban J connectivity index is 1.82. The van der Waals surface area contributed by atoms with E-state index in [0.717, 1.165) is 32.3 Å². The van der Waals surface area contributed by atoms with Crippen LogP contribution in [-0.2, 0) is 4.52 Å². The Hall–Kier alpha value is -3.29. The first-order valence-corrected chi connectivity index (χ1v) is 14.1. The topological polar surface area (TPSA) is 9.23 Å². The van der Waals surface area contributed by atoms with Gasteiger partial charge in [-0.2, -0.15) is 0 Å². The Bertz CT molecular complexity index is 1390. The van der Waals surface area contributed by atoms with Crippen LogP contribution in [0.2, 0.25) is 5.02 Å². The Labute approximate surface area is 209 Å². The summed E-state index contributed by atoms with van der Waals surface area (Å²) in [6.07, 6.45) is -0.462. The van der Waals surface area contributed by atoms with E-state index in [4.69, 9.17) is 16.1 Å². The summed E-state index contributed by atoms with van der Waals surface area (Å²) in [6.45, 7) is -3.74. The zero-order chi connectivity index (χ0) is 23.9. The molecule has 172 valence electrons. The SMILES string of the molecule is Fc1ccc2c(c1)[C@H](c1ccc(Cl)cc1)OP2(c1ccccc1)(c1ccccc1)c1ccccc1. The predicted octanol–water partition coefficient (Wildman–Crippen LogP) is 6.67. The molecule has 5 aromatic carbocycles. The van der Waals surface area contributed by atoms with Crippen molar-refractivity contribution in [1.82, 2.24) is 0 Å². The molecule has 1 nitrogen and oxygen atoms in total. The van der Waals surface area contributed by atoms with Crippen LogP contribution in [0.4, 0.5) is 4.39 Å². The van der Waals surface area contributed by atoms with Gasteiger partial charge in [0.1, 0.15) is 0 Å². The monoisotopic (exact) mass is 496 g/mol. The van der Waals surface area contributed by atoms with Crippen molar-refractivity contribution in [3.8, 4) is 0 Å². The molecule has 6 rings (SSSR count). The molecule has 0 aromatic heterocycles. The molecule has 0 spiro atoms. The van der Waals surface area contributed by atoms with Gasteiger partial charge in [0.15, 0.2) is 0 Å². The van der Waals surface area contributed by atoms with Crippen LogP contribution in [0.15, 0.2) is 133 Å². The summed E-state index contributed by atoms with van der Waals surface area (Å²) < 4.78 is 22.4. The summed E-state index contributed by atoms with van der Waals surface area (Å²) in [7, 11) is 0. The molecule has 1 atom stereocenters. The molecule has 4 heteroatoms. The fourth-order valence-corrected chi connectivity index (χ4v) is 11.8. The Kier molecular flexibility index (Phi) is 5.34. The molecular formula is C31H23ClFOP. The summed E-state index contributed by atoms with van der Waals surface area (Å²) in [5.74, 6) is -0.279. The van der Waals surface area contributed by atoms with Crippen LogP contribution in [0.1, 0.15) is 17.2 Å². The number of hydrogen-bond donors (Lipinski definition) is 0. The summed E-state index contributed by atoms with van der Waals surface area (Å²) in [5.41, 5.74) is 1.79. The van der Waals surface area contributed by atoms with Crippen molar-refractivity contribution in [2.45, 2.75) is 6.10 Å². The van der Waals surface area contributed by atoms with Crippen molar-refractivity contribution >= 4 is 39.6 Å². The van der Waals surface area contributed by atoms with Gasteiger partial charge in [-0.25, -0.2) is 0 Å². The van der Waals surface area contributed by atoms with Crippen LogP contribution in [0.5, 0.6) is 0 Å². The zero-order valence-corrected chi connectivity index (χ0v) is 20.5. The van der Waals surface area contributed by atoms with Gasteiger partial charge in [-0.3, -0.25) is 0 Å². The normalized spacial score (nSPS) is 18.8. The standard InChI is InChI=1S/C31H23ClFOP/c32-24-18-16-23(17-19-24)31-29-22-25(33)20-21-30(29)35(34-31,26-10-4-1-5-11-26,27-12-6-2-7-13-27)28-14-8-3-9-15-28/h1-22,31H/t31-/m0/s1. The van der Waals surface area contributed by atoms with Crippen molar-refractivity contribution in [2.75, 3.05) is 0 Å². The second-order valence-electron chi connectivity index (χ2n) is 8.78. The third-order valence-corrected chi connectivity index (χ3v) is 13.0. The van der Waals surface area contributed by atoms with Gasteiger partial charge in [-0.15, -0.1) is 0 Å². The minimum atomic E-state index is -3.74. The average molecular weight is 497 g/mol. The molecule has 1 aliphatic heterocycles. The van der Waals surface area contributed by atoms with E-state index in [9.17, 15) is 4.39 Å². The fourth-order valence-electron chi connectivity index (χ4n) is 5.51. The van der Waals surface area contributed by atoms with Crippen molar-refractivity contribution in [2.24, 2.45) is 0 Å². The Morgan fingerprint density at radius 3 is 1.57 bits per heavy atom. The van der Waals surface area contributed by atoms with E-state index in [1.165, 1.54) is 0 Å². The van der Waals surface area contributed by atoms with Crippen LogP contribution in [-0.4, -0.2) is 0 Å². The Morgan fingerprint density at radius 2 is 1.09 bits per heavy atom. The molecule has 0 radical (unpaired) electrons. The van der Waals surface area contributed by atoms with Gasteiger partial charge in [-0.1, -0.05) is 0 Å². The summed E-state index contributed by atoms with van der Waals surface area (Å²) in [6, 6.07) is 44.1. The fraction of sp³-hybridized carbons (Fsp3) is 0.0323. The summed E-state index contributed by atoms with van der Waals surface area (Å²) in [5, 5.41) is 4.93. The van der Waals surface area contributed by atoms with Crippen molar-refractivity contribution in [3.05, 3.63) is 155 Å². The van der Waals surface area contributed by atoms with Crippen LogP contribution < -0.4 is 21.2 Å². The van der Waals surface area contributed by atoms with Gasteiger partial charge in [0.25, 0.3) is 0 Å². The van der Waals surface area contributed by atoms with Crippen LogP contribution >= 0.6 is 18.4 Å². The molecule has 35 heavy (non-hydrogen) atoms. The van der Waals surface area contributed by atoms with Gasteiger partial charge in [0.2, 0.25) is 0 Å². The van der Waals surface area contributed by atoms with Gasteiger partial charge >= 0.3 is 210 Å². The summed E-state index contributed by atoms with van der Waals surface area (Å²) >= 11 is 6.22. The molecule has 0 aliphatic carbocycles. The number of benzene rings is 5. The van der Waals surface area contributed by atoms with E-state index in [0.29, 0.717) is 5.02 Å². The number of halogens is 2. The quantitative estimate of drug-likeness (QED) is 0.252. The van der Waals surface area contributed by atoms with E-state index < -0.39 is 12.9 Å². The molecule has 0 saturated heterocycles. The predicted molar refractivity (Wildman–Crippen MR) is 146 cm³/mol. The molecule has 0 N–H and O–H groups in total. The molecule has 0 saturated carbocycles. The second kappa shape index (κ2) is 8.43. The van der Waals surface area contributed by atoms with Gasteiger partial charge < -0.3 is 0 Å². The molecule has 1 heterocycles. The zero-order valence-electron chi connectivity index (χ0n) is 18.9. The molecule has 0 unspecified atom stereocenters. The van der Waals surface area contributed by atoms with Crippen LogP contribution in [0.3, 0.4) is 0 Å². The van der Waals surface area contributed by atoms with Gasteiger partial charge in [-0.05, 0) is 0 Å². The molecular weight excluding hydrogens is 474 g/mol. The number of hydrogen-bond acceptors (Lipinski definition) is 1. The number of fused-ring (bicyclic) bond motifs is 1. The third kappa shape index (κ3) is 3.15. The van der Waals surface area contributed by atoms with Gasteiger partial charge in [0, 0.05) is 0 Å². The molecule has 0 amide bonds. The second-order valence-corrected chi connectivity index (χ2v) is 13.5. The maximum absolute atomic E-state index is 14.8. The number of rotatable bonds is 4. The maximum atomic E-state index is 14.8. The van der Waals surface area contributed by atoms with Crippen molar-refractivity contribution in [3.63, 3.8) is 0 Å². The molecule has 5 aromatic rings. The molecule has 0 fully saturated rings. The average Bonchev–Trinajstić information content (AvgIpc) is 3.23. The van der Waals surface area contributed by atoms with Crippen LogP contribution in [0.25, 0.3) is 0 Å². The minimum absolute atomic E-state index is 0.279. The first-order chi connectivity index (χ1) is 17.1. The van der Waals surface area contributed by atoms with E-state index in [1.807, 2.05) is 48.5 Å². The first kappa shape index (κ1) is 22.2. The summed E-state index contributed by atoms with van der Waals surface area (Å²) in [4.78, 5) is 0. The molecule has 1 aliphatic rings. The molecule has 0 bridgehead atoms. The Morgan fingerprint density at radius 1 is 0.600 bits per heavy atom. The van der Waals surface area contributed by atoms with E-state index in [2.05, 4.69) is 72.8 Å². The first-order valence-electron chi connectivity index (χ1n) is 11.6. The van der Waals surface area contributed by atoms with Gasteiger partial charge in [0.05, 0.1) is 0 Å². The van der Waals surface area contributed by atoms with E-state index in [-0.39, 0.29) is 5.82 Å².